The molecule has 0 aromatic carbocycles. The molecule has 1 unspecified atom stereocenters. The van der Waals surface area contributed by atoms with Gasteiger partial charge in [0, 0.05) is 18.5 Å². The van der Waals surface area contributed by atoms with Gasteiger partial charge in [-0.25, -0.2) is 4.98 Å². The Labute approximate surface area is 110 Å². The number of nitro groups is 1. The third kappa shape index (κ3) is 2.31. The van der Waals surface area contributed by atoms with E-state index in [2.05, 4.69) is 17.6 Å². The van der Waals surface area contributed by atoms with Gasteiger partial charge in [-0.05, 0) is 24.7 Å². The Morgan fingerprint density at radius 2 is 2.39 bits per heavy atom. The maximum absolute atomic E-state index is 11.8. The second-order valence-electron chi connectivity index (χ2n) is 4.34. The molecule has 1 atom stereocenters. The number of amides is 1. The molecule has 0 N–H and O–H groups in total. The number of carbonyl (C=O) groups is 1. The molecule has 0 aliphatic carbocycles. The van der Waals surface area contributed by atoms with Crippen LogP contribution in [0.2, 0.25) is 0 Å². The van der Waals surface area contributed by atoms with Crippen LogP contribution in [0.4, 0.5) is 11.5 Å². The minimum atomic E-state index is -0.478. The first kappa shape index (κ1) is 12.8. The Kier molecular flexibility index (Phi) is 3.51. The predicted octanol–water partition coefficient (Wildman–Crippen LogP) is 1.58. The number of nitrogens with zero attached hydrogens (tertiary/aromatic N) is 3. The molecule has 96 valence electrons. The molecule has 0 bridgehead atoms. The number of rotatable bonds is 3. The molecule has 2 rings (SSSR count). The lowest BCUT2D eigenvalue weighted by Crippen LogP contribution is -2.25. The van der Waals surface area contributed by atoms with Gasteiger partial charge in [-0.15, -0.1) is 0 Å². The summed E-state index contributed by atoms with van der Waals surface area (Å²) in [4.78, 5) is 27.6. The summed E-state index contributed by atoms with van der Waals surface area (Å²) in [6, 6.07) is 1.58. The molecule has 1 aromatic heterocycles. The maximum Gasteiger partial charge on any atom is 0.290 e. The van der Waals surface area contributed by atoms with Crippen LogP contribution in [-0.2, 0) is 4.79 Å². The van der Waals surface area contributed by atoms with E-state index < -0.39 is 4.92 Å². The van der Waals surface area contributed by atoms with Crippen molar-refractivity contribution in [1.82, 2.24) is 4.98 Å². The Bertz CT molecular complexity index is 506. The minimum absolute atomic E-state index is 0.00481. The highest BCUT2D eigenvalue weighted by Gasteiger charge is 2.31. The van der Waals surface area contributed by atoms with Gasteiger partial charge < -0.3 is 0 Å². The summed E-state index contributed by atoms with van der Waals surface area (Å²) in [5.74, 6) is 1.34. The molecule has 0 radical (unpaired) electrons. The maximum atomic E-state index is 11.8. The van der Waals surface area contributed by atoms with E-state index in [1.807, 2.05) is 0 Å². The number of anilines is 1. The van der Waals surface area contributed by atoms with Crippen molar-refractivity contribution in [2.24, 2.45) is 5.92 Å². The summed E-state index contributed by atoms with van der Waals surface area (Å²) in [6.07, 6.45) is 1.66. The Morgan fingerprint density at radius 3 is 2.89 bits per heavy atom. The highest BCUT2D eigenvalue weighted by atomic mass is 32.1. The van der Waals surface area contributed by atoms with Crippen molar-refractivity contribution in [1.29, 1.82) is 0 Å². The molecule has 1 saturated heterocycles. The summed E-state index contributed by atoms with van der Waals surface area (Å²) < 4.78 is 0. The zero-order valence-electron chi connectivity index (χ0n) is 9.87. The van der Waals surface area contributed by atoms with Crippen LogP contribution in [0.1, 0.15) is 12.0 Å². The molecule has 2 heterocycles. The Balaban J connectivity index is 2.27. The zero-order chi connectivity index (χ0) is 13.3. The third-order valence-corrected chi connectivity index (χ3v) is 3.52. The fourth-order valence-electron chi connectivity index (χ4n) is 2.00. The first-order valence-corrected chi connectivity index (χ1v) is 6.18. The van der Waals surface area contributed by atoms with E-state index in [0.717, 1.165) is 0 Å². The van der Waals surface area contributed by atoms with Crippen molar-refractivity contribution in [3.8, 4) is 0 Å². The Hall–Kier alpha value is -1.63. The monoisotopic (exact) mass is 267 g/mol. The highest BCUT2D eigenvalue weighted by molar-refractivity contribution is 7.80. The number of pyridine rings is 1. The molecular formula is C11H13N3O3S. The van der Waals surface area contributed by atoms with E-state index in [4.69, 9.17) is 0 Å². The normalized spacial score (nSPS) is 19.3. The standard InChI is InChI=1S/C11H13N3O3S/c1-7-2-10(12-4-9(7)14(16)17)13-5-8(6-18)3-11(13)15/h2,4,8,18H,3,5-6H2,1H3. The van der Waals surface area contributed by atoms with Crippen LogP contribution in [0.3, 0.4) is 0 Å². The molecule has 18 heavy (non-hydrogen) atoms. The minimum Gasteiger partial charge on any atom is -0.296 e. The van der Waals surface area contributed by atoms with E-state index in [1.54, 1.807) is 17.9 Å². The van der Waals surface area contributed by atoms with Gasteiger partial charge in [0.05, 0.1) is 4.92 Å². The first-order chi connectivity index (χ1) is 8.52. The molecular weight excluding hydrogens is 254 g/mol. The average molecular weight is 267 g/mol. The van der Waals surface area contributed by atoms with E-state index in [-0.39, 0.29) is 17.5 Å². The van der Waals surface area contributed by atoms with Crippen LogP contribution in [0.25, 0.3) is 0 Å². The smallest absolute Gasteiger partial charge is 0.290 e. The molecule has 1 aliphatic heterocycles. The van der Waals surface area contributed by atoms with Gasteiger partial charge in [-0.3, -0.25) is 19.8 Å². The summed E-state index contributed by atoms with van der Waals surface area (Å²) in [5, 5.41) is 10.7. The Morgan fingerprint density at radius 1 is 1.67 bits per heavy atom. The highest BCUT2D eigenvalue weighted by Crippen LogP contribution is 2.27. The van der Waals surface area contributed by atoms with Gasteiger partial charge in [0.25, 0.3) is 5.69 Å². The summed E-state index contributed by atoms with van der Waals surface area (Å²) >= 11 is 4.18. The van der Waals surface area contributed by atoms with Crippen molar-refractivity contribution >= 4 is 30.0 Å². The molecule has 1 aliphatic rings. The van der Waals surface area contributed by atoms with E-state index in [1.165, 1.54) is 6.20 Å². The lowest BCUT2D eigenvalue weighted by molar-refractivity contribution is -0.385. The van der Waals surface area contributed by atoms with Gasteiger partial charge in [-0.1, -0.05) is 0 Å². The van der Waals surface area contributed by atoms with Crippen molar-refractivity contribution in [2.75, 3.05) is 17.2 Å². The lowest BCUT2D eigenvalue weighted by Gasteiger charge is -2.15. The zero-order valence-corrected chi connectivity index (χ0v) is 10.8. The fourth-order valence-corrected chi connectivity index (χ4v) is 2.24. The number of aromatic nitrogens is 1. The second kappa shape index (κ2) is 4.93. The third-order valence-electron chi connectivity index (χ3n) is 3.01. The summed E-state index contributed by atoms with van der Waals surface area (Å²) in [5.41, 5.74) is 0.475. The van der Waals surface area contributed by atoms with Crippen LogP contribution < -0.4 is 4.90 Å². The van der Waals surface area contributed by atoms with E-state index >= 15 is 0 Å². The van der Waals surface area contributed by atoms with Gasteiger partial charge in [0.2, 0.25) is 5.91 Å². The molecule has 6 nitrogen and oxygen atoms in total. The van der Waals surface area contributed by atoms with Gasteiger partial charge in [-0.2, -0.15) is 12.6 Å². The number of hydrogen-bond donors (Lipinski definition) is 1. The number of hydrogen-bond acceptors (Lipinski definition) is 5. The van der Waals surface area contributed by atoms with Crippen molar-refractivity contribution in [2.45, 2.75) is 13.3 Å². The predicted molar refractivity (Wildman–Crippen MR) is 69.9 cm³/mol. The van der Waals surface area contributed by atoms with Crippen LogP contribution in [0.15, 0.2) is 12.3 Å². The number of carbonyl (C=O) groups excluding carboxylic acids is 1. The van der Waals surface area contributed by atoms with Gasteiger partial charge in [0.1, 0.15) is 12.0 Å². The van der Waals surface area contributed by atoms with E-state index in [0.29, 0.717) is 30.1 Å². The SMILES string of the molecule is Cc1cc(N2CC(CS)CC2=O)ncc1[N+](=O)[O-]. The molecule has 7 heteroatoms. The molecule has 1 amide bonds. The van der Waals surface area contributed by atoms with E-state index in [9.17, 15) is 14.9 Å². The molecule has 1 fully saturated rings. The van der Waals surface area contributed by atoms with Crippen molar-refractivity contribution in [3.05, 3.63) is 27.9 Å². The summed E-state index contributed by atoms with van der Waals surface area (Å²) in [6.45, 7) is 2.21. The van der Waals surface area contributed by atoms with Gasteiger partial charge >= 0.3 is 0 Å². The summed E-state index contributed by atoms with van der Waals surface area (Å²) in [7, 11) is 0. The first-order valence-electron chi connectivity index (χ1n) is 5.55. The quantitative estimate of drug-likeness (QED) is 0.512. The van der Waals surface area contributed by atoms with Crippen LogP contribution in [0.5, 0.6) is 0 Å². The topological polar surface area (TPSA) is 76.3 Å². The van der Waals surface area contributed by atoms with Gasteiger partial charge in [0.15, 0.2) is 0 Å². The van der Waals surface area contributed by atoms with Crippen LogP contribution >= 0.6 is 12.6 Å². The average Bonchev–Trinajstić information content (AvgIpc) is 2.70. The van der Waals surface area contributed by atoms with Crippen LogP contribution in [-0.4, -0.2) is 28.1 Å². The fraction of sp³-hybridized carbons (Fsp3) is 0.455. The number of thiol groups is 1. The van der Waals surface area contributed by atoms with Crippen molar-refractivity contribution in [3.63, 3.8) is 0 Å². The molecule has 0 spiro atoms. The lowest BCUT2D eigenvalue weighted by atomic mass is 10.1. The largest absolute Gasteiger partial charge is 0.296 e. The number of aryl methyl sites for hydroxylation is 1. The molecule has 1 aromatic rings. The van der Waals surface area contributed by atoms with Crippen LogP contribution in [0, 0.1) is 23.0 Å². The molecule has 0 saturated carbocycles. The van der Waals surface area contributed by atoms with Crippen molar-refractivity contribution < 1.29 is 9.72 Å². The second-order valence-corrected chi connectivity index (χ2v) is 4.71.